The summed E-state index contributed by atoms with van der Waals surface area (Å²) in [4.78, 5) is 0. The maximum absolute atomic E-state index is 6.06. The van der Waals surface area contributed by atoms with Crippen LogP contribution in [0.25, 0.3) is 0 Å². The SMILES string of the molecule is CCCNCc1ccc(OC)c(OCC2CCCCC2)c1. The largest absolute Gasteiger partial charge is 0.493 e. The monoisotopic (exact) mass is 291 g/mol. The fourth-order valence-electron chi connectivity index (χ4n) is 2.91. The lowest BCUT2D eigenvalue weighted by Gasteiger charge is -2.22. The highest BCUT2D eigenvalue weighted by molar-refractivity contribution is 5.43. The van der Waals surface area contributed by atoms with Gasteiger partial charge in [0.1, 0.15) is 0 Å². The molecule has 2 rings (SSSR count). The van der Waals surface area contributed by atoms with Crippen molar-refractivity contribution in [1.82, 2.24) is 5.32 Å². The molecule has 0 radical (unpaired) electrons. The number of ether oxygens (including phenoxy) is 2. The van der Waals surface area contributed by atoms with Crippen molar-refractivity contribution in [3.8, 4) is 11.5 Å². The average Bonchev–Trinajstić information content (AvgIpc) is 2.54. The van der Waals surface area contributed by atoms with Crippen LogP contribution in [0.1, 0.15) is 51.0 Å². The molecule has 0 saturated heterocycles. The van der Waals surface area contributed by atoms with E-state index in [0.717, 1.165) is 37.6 Å². The predicted octanol–water partition coefficient (Wildman–Crippen LogP) is 4.15. The lowest BCUT2D eigenvalue weighted by Crippen LogP contribution is -2.16. The van der Waals surface area contributed by atoms with Gasteiger partial charge in [-0.25, -0.2) is 0 Å². The fraction of sp³-hybridized carbons (Fsp3) is 0.667. The summed E-state index contributed by atoms with van der Waals surface area (Å²) in [7, 11) is 1.71. The number of hydrogen-bond acceptors (Lipinski definition) is 3. The van der Waals surface area contributed by atoms with E-state index in [4.69, 9.17) is 9.47 Å². The van der Waals surface area contributed by atoms with E-state index >= 15 is 0 Å². The standard InChI is InChI=1S/C18H29NO2/c1-3-11-19-13-16-9-10-17(20-2)18(12-16)21-14-15-7-5-4-6-8-15/h9-10,12,15,19H,3-8,11,13-14H2,1-2H3. The topological polar surface area (TPSA) is 30.5 Å². The van der Waals surface area contributed by atoms with Crippen molar-refractivity contribution in [1.29, 1.82) is 0 Å². The van der Waals surface area contributed by atoms with E-state index in [-0.39, 0.29) is 0 Å². The lowest BCUT2D eigenvalue weighted by atomic mass is 9.90. The quantitative estimate of drug-likeness (QED) is 0.730. The van der Waals surface area contributed by atoms with Gasteiger partial charge in [0.05, 0.1) is 13.7 Å². The van der Waals surface area contributed by atoms with Crippen molar-refractivity contribution in [2.45, 2.75) is 52.0 Å². The van der Waals surface area contributed by atoms with E-state index in [2.05, 4.69) is 24.4 Å². The Morgan fingerprint density at radius 3 is 2.67 bits per heavy atom. The molecular weight excluding hydrogens is 262 g/mol. The van der Waals surface area contributed by atoms with Gasteiger partial charge in [-0.15, -0.1) is 0 Å². The second kappa shape index (κ2) is 8.93. The first-order valence-electron chi connectivity index (χ1n) is 8.34. The Morgan fingerprint density at radius 2 is 1.95 bits per heavy atom. The molecule has 1 saturated carbocycles. The van der Waals surface area contributed by atoms with Crippen LogP contribution in [0.4, 0.5) is 0 Å². The first-order chi connectivity index (χ1) is 10.3. The summed E-state index contributed by atoms with van der Waals surface area (Å²) in [5, 5.41) is 3.43. The summed E-state index contributed by atoms with van der Waals surface area (Å²) >= 11 is 0. The van der Waals surface area contributed by atoms with Gasteiger partial charge in [-0.3, -0.25) is 0 Å². The van der Waals surface area contributed by atoms with Crippen LogP contribution in [-0.4, -0.2) is 20.3 Å². The molecular formula is C18H29NO2. The van der Waals surface area contributed by atoms with E-state index in [1.165, 1.54) is 37.7 Å². The van der Waals surface area contributed by atoms with E-state index in [1.54, 1.807) is 7.11 Å². The molecule has 0 amide bonds. The van der Waals surface area contributed by atoms with Gasteiger partial charge >= 0.3 is 0 Å². The van der Waals surface area contributed by atoms with Crippen LogP contribution >= 0.6 is 0 Å². The minimum Gasteiger partial charge on any atom is -0.493 e. The Balaban J connectivity index is 1.92. The van der Waals surface area contributed by atoms with Gasteiger partial charge in [0.25, 0.3) is 0 Å². The molecule has 0 atom stereocenters. The third-order valence-electron chi connectivity index (χ3n) is 4.18. The third-order valence-corrected chi connectivity index (χ3v) is 4.18. The Kier molecular flexibility index (Phi) is 6.87. The van der Waals surface area contributed by atoms with Crippen molar-refractivity contribution in [2.24, 2.45) is 5.92 Å². The zero-order chi connectivity index (χ0) is 14.9. The summed E-state index contributed by atoms with van der Waals surface area (Å²) in [6.45, 7) is 4.93. The molecule has 0 heterocycles. The number of hydrogen-bond donors (Lipinski definition) is 1. The Bertz CT molecular complexity index is 414. The molecule has 3 heteroatoms. The number of rotatable bonds is 8. The molecule has 1 aromatic carbocycles. The molecule has 118 valence electrons. The van der Waals surface area contributed by atoms with Crippen LogP contribution in [0.3, 0.4) is 0 Å². The van der Waals surface area contributed by atoms with Crippen molar-refractivity contribution >= 4 is 0 Å². The third kappa shape index (κ3) is 5.24. The molecule has 0 aromatic heterocycles. The van der Waals surface area contributed by atoms with Gasteiger partial charge in [-0.2, -0.15) is 0 Å². The van der Waals surface area contributed by atoms with Gasteiger partial charge in [0.2, 0.25) is 0 Å². The smallest absolute Gasteiger partial charge is 0.161 e. The maximum Gasteiger partial charge on any atom is 0.161 e. The van der Waals surface area contributed by atoms with Crippen LogP contribution in [0.5, 0.6) is 11.5 Å². The summed E-state index contributed by atoms with van der Waals surface area (Å²) in [6.07, 6.45) is 7.86. The van der Waals surface area contributed by atoms with Crippen molar-refractivity contribution < 1.29 is 9.47 Å². The molecule has 1 aromatic rings. The molecule has 0 bridgehead atoms. The summed E-state index contributed by atoms with van der Waals surface area (Å²) in [6, 6.07) is 6.23. The molecule has 0 unspecified atom stereocenters. The second-order valence-corrected chi connectivity index (χ2v) is 5.98. The Labute approximate surface area is 129 Å². The zero-order valence-electron chi connectivity index (χ0n) is 13.5. The minimum atomic E-state index is 0.713. The van der Waals surface area contributed by atoms with E-state index < -0.39 is 0 Å². The molecule has 1 aliphatic rings. The number of methoxy groups -OCH3 is 1. The van der Waals surface area contributed by atoms with Crippen LogP contribution < -0.4 is 14.8 Å². The molecule has 21 heavy (non-hydrogen) atoms. The van der Waals surface area contributed by atoms with Crippen LogP contribution in [0, 0.1) is 5.92 Å². The van der Waals surface area contributed by atoms with E-state index in [9.17, 15) is 0 Å². The minimum absolute atomic E-state index is 0.713. The average molecular weight is 291 g/mol. The predicted molar refractivity (Wildman–Crippen MR) is 87.1 cm³/mol. The summed E-state index contributed by atoms with van der Waals surface area (Å²) in [5.74, 6) is 2.44. The number of nitrogens with one attached hydrogen (secondary N) is 1. The van der Waals surface area contributed by atoms with Gasteiger partial charge in [-0.05, 0) is 49.4 Å². The summed E-state index contributed by atoms with van der Waals surface area (Å²) < 4.78 is 11.5. The van der Waals surface area contributed by atoms with Gasteiger partial charge in [0, 0.05) is 6.54 Å². The summed E-state index contributed by atoms with van der Waals surface area (Å²) in [5.41, 5.74) is 1.25. The Hall–Kier alpha value is -1.22. The van der Waals surface area contributed by atoms with Gasteiger partial charge in [0.15, 0.2) is 11.5 Å². The first-order valence-corrected chi connectivity index (χ1v) is 8.34. The zero-order valence-corrected chi connectivity index (χ0v) is 13.5. The molecule has 3 nitrogen and oxygen atoms in total. The molecule has 1 aliphatic carbocycles. The highest BCUT2D eigenvalue weighted by atomic mass is 16.5. The van der Waals surface area contributed by atoms with Crippen molar-refractivity contribution in [3.05, 3.63) is 23.8 Å². The highest BCUT2D eigenvalue weighted by Crippen LogP contribution is 2.30. The van der Waals surface area contributed by atoms with E-state index in [1.807, 2.05) is 6.07 Å². The van der Waals surface area contributed by atoms with Gasteiger partial charge in [-0.1, -0.05) is 32.3 Å². The first kappa shape index (κ1) is 16.2. The van der Waals surface area contributed by atoms with Gasteiger partial charge < -0.3 is 14.8 Å². The molecule has 1 N–H and O–H groups in total. The normalized spacial score (nSPS) is 15.9. The molecule has 0 spiro atoms. The van der Waals surface area contributed by atoms with E-state index in [0.29, 0.717) is 5.92 Å². The highest BCUT2D eigenvalue weighted by Gasteiger charge is 2.15. The van der Waals surface area contributed by atoms with Crippen molar-refractivity contribution in [2.75, 3.05) is 20.3 Å². The van der Waals surface area contributed by atoms with Crippen molar-refractivity contribution in [3.63, 3.8) is 0 Å². The number of benzene rings is 1. The molecule has 0 aliphatic heterocycles. The van der Waals surface area contributed by atoms with Crippen LogP contribution in [-0.2, 0) is 6.54 Å². The van der Waals surface area contributed by atoms with Crippen LogP contribution in [0.2, 0.25) is 0 Å². The Morgan fingerprint density at radius 1 is 1.14 bits per heavy atom. The van der Waals surface area contributed by atoms with Crippen LogP contribution in [0.15, 0.2) is 18.2 Å². The lowest BCUT2D eigenvalue weighted by molar-refractivity contribution is 0.202. The fourth-order valence-corrected chi connectivity index (χ4v) is 2.91. The molecule has 1 fully saturated rings. The maximum atomic E-state index is 6.06. The second-order valence-electron chi connectivity index (χ2n) is 5.98.